The molecule has 0 unspecified atom stereocenters. The van der Waals surface area contributed by atoms with Crippen molar-refractivity contribution in [3.63, 3.8) is 0 Å². The van der Waals surface area contributed by atoms with Gasteiger partial charge in [-0.15, -0.1) is 0 Å². The molecule has 4 N–H and O–H groups in total. The van der Waals surface area contributed by atoms with Crippen molar-refractivity contribution in [2.24, 2.45) is 10.8 Å². The molecule has 6 aromatic rings. The summed E-state index contributed by atoms with van der Waals surface area (Å²) in [5, 5.41) is 39.0. The fourth-order valence-corrected chi connectivity index (χ4v) is 9.87. The molecular weight excluding hydrogens is 973 g/mol. The molecule has 4 aliphatic heterocycles. The molecule has 4 aromatic carbocycles. The highest BCUT2D eigenvalue weighted by atomic mass is 35.5. The van der Waals surface area contributed by atoms with E-state index in [0.29, 0.717) is 71.4 Å². The number of aliphatic carboxylic acids is 1. The number of benzene rings is 4. The van der Waals surface area contributed by atoms with E-state index in [0.717, 1.165) is 48.4 Å². The van der Waals surface area contributed by atoms with Gasteiger partial charge in [0.15, 0.2) is 6.19 Å². The number of amides is 3. The summed E-state index contributed by atoms with van der Waals surface area (Å²) in [5.74, 6) is -2.12. The Hall–Kier alpha value is -7.72. The van der Waals surface area contributed by atoms with E-state index in [-0.39, 0.29) is 34.3 Å². The van der Waals surface area contributed by atoms with E-state index >= 15 is 0 Å². The van der Waals surface area contributed by atoms with Crippen molar-refractivity contribution in [3.05, 3.63) is 159 Å². The fourth-order valence-electron chi connectivity index (χ4n) is 9.73. The van der Waals surface area contributed by atoms with Crippen LogP contribution in [0.15, 0.2) is 109 Å². The SMILES string of the molecule is CC(C)(C(=O)NC#N)[C@H]1c2ccccc2Oc2nc(-c3ccc(C(=O)N4CCCC4)c(F)c3)ccc21.CC(C)(C(=O)O)[C@H]1c2ccccc2Oc2nc(Cl)ccc21.O=C(c1ccc(B(O)O)cc1F)N1CCCC1. The zero-order valence-electron chi connectivity index (χ0n) is 40.9. The Balaban J connectivity index is 0.000000162. The topological polar surface area (TPSA) is 216 Å². The van der Waals surface area contributed by atoms with Crippen molar-refractivity contribution in [3.8, 4) is 40.7 Å². The number of carbonyl (C=O) groups excluding carboxylic acids is 3. The highest BCUT2D eigenvalue weighted by Gasteiger charge is 2.45. The quantitative estimate of drug-likeness (QED) is 0.0487. The van der Waals surface area contributed by atoms with Crippen LogP contribution in [0, 0.1) is 33.9 Å². The number of halogens is 3. The maximum absolute atomic E-state index is 15.0. The molecule has 6 heterocycles. The number of nitrogens with zero attached hydrogens (tertiary/aromatic N) is 5. The van der Waals surface area contributed by atoms with Crippen LogP contribution in [-0.4, -0.2) is 91.9 Å². The largest absolute Gasteiger partial charge is 0.488 e. The maximum atomic E-state index is 15.0. The van der Waals surface area contributed by atoms with Gasteiger partial charge in [0, 0.05) is 65.8 Å². The number of nitrogens with one attached hydrogen (secondary N) is 1. The van der Waals surface area contributed by atoms with Crippen molar-refractivity contribution < 1.29 is 52.6 Å². The van der Waals surface area contributed by atoms with Gasteiger partial charge < -0.3 is 34.4 Å². The second-order valence-electron chi connectivity index (χ2n) is 19.4. The molecule has 0 bridgehead atoms. The lowest BCUT2D eigenvalue weighted by atomic mass is 9.69. The molecule has 0 radical (unpaired) electrons. The summed E-state index contributed by atoms with van der Waals surface area (Å²) in [5.41, 5.74) is 2.17. The van der Waals surface area contributed by atoms with Crippen LogP contribution < -0.4 is 20.3 Å². The van der Waals surface area contributed by atoms with Gasteiger partial charge in [-0.25, -0.2) is 18.7 Å². The monoisotopic (exact) mass is 1020 g/mol. The van der Waals surface area contributed by atoms with Crippen molar-refractivity contribution in [1.29, 1.82) is 5.26 Å². The molecule has 0 saturated carbocycles. The molecule has 2 saturated heterocycles. The summed E-state index contributed by atoms with van der Waals surface area (Å²) in [6.07, 6.45) is 5.48. The summed E-state index contributed by atoms with van der Waals surface area (Å²) in [6.45, 7) is 9.57. The van der Waals surface area contributed by atoms with E-state index in [2.05, 4.69) is 15.3 Å². The summed E-state index contributed by atoms with van der Waals surface area (Å²) in [4.78, 5) is 61.2. The number of nitriles is 1. The second kappa shape index (κ2) is 21.8. The number of carboxylic acids is 1. The minimum atomic E-state index is -1.72. The van der Waals surface area contributed by atoms with Gasteiger partial charge in [-0.1, -0.05) is 80.0 Å². The predicted octanol–water partition coefficient (Wildman–Crippen LogP) is 8.81. The minimum absolute atomic E-state index is 0.0173. The van der Waals surface area contributed by atoms with E-state index in [1.165, 1.54) is 24.3 Å². The van der Waals surface area contributed by atoms with Gasteiger partial charge in [0.25, 0.3) is 11.8 Å². The molecule has 74 heavy (non-hydrogen) atoms. The lowest BCUT2D eigenvalue weighted by Crippen LogP contribution is -2.40. The van der Waals surface area contributed by atoms with Gasteiger partial charge in [-0.05, 0) is 99.6 Å². The van der Waals surface area contributed by atoms with E-state index in [1.54, 1.807) is 74.0 Å². The zero-order chi connectivity index (χ0) is 53.1. The van der Waals surface area contributed by atoms with Crippen LogP contribution in [-0.2, 0) is 9.59 Å². The molecule has 2 fully saturated rings. The first kappa shape index (κ1) is 52.6. The average Bonchev–Trinajstić information content (AvgIpc) is 4.14. The van der Waals surface area contributed by atoms with E-state index in [9.17, 15) is 33.1 Å². The van der Waals surface area contributed by atoms with Crippen molar-refractivity contribution in [2.75, 3.05) is 26.2 Å². The number of fused-ring (bicyclic) bond motifs is 4. The summed E-state index contributed by atoms with van der Waals surface area (Å²) in [7, 11) is -1.72. The first-order valence-corrected chi connectivity index (χ1v) is 24.4. The number of para-hydroxylation sites is 2. The normalized spacial score (nSPS) is 16.2. The third kappa shape index (κ3) is 10.7. The van der Waals surface area contributed by atoms with Crippen LogP contribution in [0.5, 0.6) is 23.3 Å². The predicted molar refractivity (Wildman–Crippen MR) is 271 cm³/mol. The number of pyridine rings is 2. The Morgan fingerprint density at radius 3 is 1.66 bits per heavy atom. The van der Waals surface area contributed by atoms with Gasteiger partial charge in [0.1, 0.15) is 28.3 Å². The van der Waals surface area contributed by atoms with E-state index < -0.39 is 47.4 Å². The first-order chi connectivity index (χ1) is 35.3. The van der Waals surface area contributed by atoms with Gasteiger partial charge in [-0.3, -0.25) is 24.5 Å². The van der Waals surface area contributed by atoms with Gasteiger partial charge >= 0.3 is 13.1 Å². The molecule has 2 atom stereocenters. The van der Waals surface area contributed by atoms with Crippen LogP contribution in [0.2, 0.25) is 5.15 Å². The fraction of sp³-hybridized carbons (Fsp3) is 0.291. The Labute approximate surface area is 431 Å². The zero-order valence-corrected chi connectivity index (χ0v) is 41.7. The van der Waals surface area contributed by atoms with Crippen molar-refractivity contribution in [2.45, 2.75) is 65.2 Å². The maximum Gasteiger partial charge on any atom is 0.488 e. The number of carboxylic acid groups (broad SMARTS) is 1. The van der Waals surface area contributed by atoms with E-state index in [4.69, 9.17) is 36.4 Å². The number of hydrogen-bond donors (Lipinski definition) is 4. The van der Waals surface area contributed by atoms with E-state index in [1.807, 2.05) is 48.5 Å². The van der Waals surface area contributed by atoms with Crippen LogP contribution in [0.4, 0.5) is 8.78 Å². The summed E-state index contributed by atoms with van der Waals surface area (Å²) < 4.78 is 40.5. The van der Waals surface area contributed by atoms with Gasteiger partial charge in [0.05, 0.1) is 27.7 Å². The number of hydrogen-bond acceptors (Lipinski definition) is 11. The molecule has 4 aliphatic rings. The first-order valence-electron chi connectivity index (χ1n) is 24.0. The van der Waals surface area contributed by atoms with Crippen molar-refractivity contribution in [1.82, 2.24) is 25.1 Å². The molecule has 19 heteroatoms. The molecule has 380 valence electrons. The molecular formula is C55H52BClF2N6O9. The number of carbonyl (C=O) groups is 4. The standard InChI is InChI=1S/C28H25FN4O3.C16H14ClNO3.C11H13BFNO3/c1-28(2,27(35)31-16-30)24-19-7-3-4-8-23(19)36-25-20(24)11-12-22(32-25)17-9-10-18(21(29)15-17)26(34)33-13-5-6-14-33;1-16(2,15(19)20)13-9-5-3-4-6-11(9)21-14-10(13)7-8-12(17)18-14;13-10-7-8(12(16)17)3-4-9(10)11(15)14-5-1-2-6-14/h3-4,7-12,15,24H,5-6,13-14H2,1-2H3,(H,31,35);3-8,13H,1-2H3,(H,19,20);3-4,7,16-17H,1-2,5-6H2/t24-;13-;/m00./s1. The Morgan fingerprint density at radius 2 is 1.16 bits per heavy atom. The van der Waals surface area contributed by atoms with Crippen molar-refractivity contribution >= 4 is 47.9 Å². The number of aromatic nitrogens is 2. The Morgan fingerprint density at radius 1 is 0.676 bits per heavy atom. The summed E-state index contributed by atoms with van der Waals surface area (Å²) in [6, 6.07) is 30.0. The lowest BCUT2D eigenvalue weighted by Gasteiger charge is -2.37. The lowest BCUT2D eigenvalue weighted by molar-refractivity contribution is -0.147. The minimum Gasteiger partial charge on any atom is -0.481 e. The molecule has 10 rings (SSSR count). The smallest absolute Gasteiger partial charge is 0.481 e. The number of rotatable bonds is 8. The molecule has 3 amide bonds. The highest BCUT2D eigenvalue weighted by molar-refractivity contribution is 6.58. The second-order valence-corrected chi connectivity index (χ2v) is 19.8. The van der Waals surface area contributed by atoms with Gasteiger partial charge in [-0.2, -0.15) is 5.26 Å². The Bertz CT molecular complexity index is 3190. The molecule has 0 aliphatic carbocycles. The molecule has 15 nitrogen and oxygen atoms in total. The van der Waals surface area contributed by atoms with Gasteiger partial charge in [0.2, 0.25) is 17.7 Å². The Kier molecular flexibility index (Phi) is 15.5. The summed E-state index contributed by atoms with van der Waals surface area (Å²) >= 11 is 5.92. The number of ether oxygens (including phenoxy) is 2. The molecule has 2 aromatic heterocycles. The third-order valence-corrected chi connectivity index (χ3v) is 14.0. The van der Waals surface area contributed by atoms with Crippen LogP contribution in [0.3, 0.4) is 0 Å². The average molecular weight is 1030 g/mol. The third-order valence-electron chi connectivity index (χ3n) is 13.8. The number of likely N-dealkylation sites (tertiary alicyclic amines) is 2. The van der Waals surface area contributed by atoms with Crippen LogP contribution in [0.25, 0.3) is 11.3 Å². The molecule has 0 spiro atoms. The highest BCUT2D eigenvalue weighted by Crippen LogP contribution is 2.53. The van der Waals surface area contributed by atoms with Crippen LogP contribution >= 0.6 is 11.6 Å². The van der Waals surface area contributed by atoms with Crippen LogP contribution in [0.1, 0.15) is 108 Å².